The van der Waals surface area contributed by atoms with E-state index in [1.165, 1.54) is 0 Å². The molecule has 8 heteroatoms. The van der Waals surface area contributed by atoms with Crippen LogP contribution in [0.25, 0.3) is 21.8 Å². The molecule has 3 aromatic rings. The Kier molecular flexibility index (Phi) is 5.81. The average Bonchev–Trinajstić information content (AvgIpc) is 3.07. The highest BCUT2D eigenvalue weighted by atomic mass is 16.1. The number of carbonyl (C=O) groups excluding carboxylic acids is 1. The Labute approximate surface area is 163 Å². The van der Waals surface area contributed by atoms with Crippen molar-refractivity contribution < 1.29 is 4.79 Å². The molecule has 2 aromatic heterocycles. The van der Waals surface area contributed by atoms with Crippen LogP contribution in [0.15, 0.2) is 23.0 Å². The molecule has 8 nitrogen and oxygen atoms in total. The number of H-pyrrole nitrogens is 1. The maximum atomic E-state index is 13.1. The summed E-state index contributed by atoms with van der Waals surface area (Å²) >= 11 is 0. The van der Waals surface area contributed by atoms with Gasteiger partial charge < -0.3 is 20.5 Å². The number of hydrogen-bond donors (Lipinski definition) is 3. The van der Waals surface area contributed by atoms with E-state index in [9.17, 15) is 9.59 Å². The number of carbonyl (C=O) groups is 1. The summed E-state index contributed by atoms with van der Waals surface area (Å²) < 4.78 is 1.70. The van der Waals surface area contributed by atoms with E-state index in [2.05, 4.69) is 15.5 Å². The van der Waals surface area contributed by atoms with E-state index < -0.39 is 0 Å². The molecule has 0 spiro atoms. The number of aryl methyl sites for hydroxylation is 2. The zero-order chi connectivity index (χ0) is 20.4. The SMILES string of the molecule is Cc1[nH]nc2c1c(=O)n(CCCN)c1cc(C(=O)NCC(C)N(C)C)ccc21. The quantitative estimate of drug-likeness (QED) is 0.567. The summed E-state index contributed by atoms with van der Waals surface area (Å²) in [4.78, 5) is 27.7. The van der Waals surface area contributed by atoms with E-state index in [0.717, 1.165) is 11.1 Å². The number of fused-ring (bicyclic) bond motifs is 3. The topological polar surface area (TPSA) is 109 Å². The molecular formula is C20H28N6O2. The Balaban J connectivity index is 2.08. The van der Waals surface area contributed by atoms with Gasteiger partial charge in [0, 0.05) is 35.8 Å². The second kappa shape index (κ2) is 8.12. The average molecular weight is 384 g/mol. The van der Waals surface area contributed by atoms with E-state index in [0.29, 0.717) is 48.0 Å². The first-order valence-electron chi connectivity index (χ1n) is 9.51. The lowest BCUT2D eigenvalue weighted by Crippen LogP contribution is -2.38. The molecule has 0 fully saturated rings. The summed E-state index contributed by atoms with van der Waals surface area (Å²) in [5.74, 6) is -0.160. The van der Waals surface area contributed by atoms with Gasteiger partial charge >= 0.3 is 0 Å². The number of likely N-dealkylation sites (N-methyl/N-ethyl adjacent to an activating group) is 1. The molecule has 0 radical (unpaired) electrons. The van der Waals surface area contributed by atoms with Gasteiger partial charge in [0.25, 0.3) is 11.5 Å². The summed E-state index contributed by atoms with van der Waals surface area (Å²) in [6.45, 7) is 5.40. The van der Waals surface area contributed by atoms with Crippen molar-refractivity contribution in [2.24, 2.45) is 5.73 Å². The van der Waals surface area contributed by atoms with E-state index in [4.69, 9.17) is 5.73 Å². The van der Waals surface area contributed by atoms with Gasteiger partial charge in [-0.25, -0.2) is 0 Å². The van der Waals surface area contributed by atoms with Gasteiger partial charge in [-0.15, -0.1) is 0 Å². The monoisotopic (exact) mass is 384 g/mol. The molecule has 0 saturated carbocycles. The molecule has 0 aliphatic carbocycles. The van der Waals surface area contributed by atoms with Crippen molar-refractivity contribution in [3.05, 3.63) is 39.8 Å². The van der Waals surface area contributed by atoms with Gasteiger partial charge in [0.15, 0.2) is 0 Å². The molecule has 28 heavy (non-hydrogen) atoms. The van der Waals surface area contributed by atoms with Crippen LogP contribution in [-0.2, 0) is 6.54 Å². The van der Waals surface area contributed by atoms with Crippen molar-refractivity contribution in [1.82, 2.24) is 25.0 Å². The summed E-state index contributed by atoms with van der Waals surface area (Å²) in [7, 11) is 3.94. The van der Waals surface area contributed by atoms with Gasteiger partial charge in [0.05, 0.1) is 10.9 Å². The van der Waals surface area contributed by atoms with Gasteiger partial charge in [0.2, 0.25) is 0 Å². The standard InChI is InChI=1S/C20H28N6O2/c1-12(25(3)4)11-22-19(27)14-6-7-15-16(10-14)26(9-5-8-21)20(28)17-13(2)23-24-18(15)17/h6-7,10,12H,5,8-9,11,21H2,1-4H3,(H,22,27)(H,23,24). The molecule has 1 aromatic carbocycles. The number of rotatable bonds is 7. The Morgan fingerprint density at radius 3 is 2.82 bits per heavy atom. The number of benzene rings is 1. The van der Waals surface area contributed by atoms with Gasteiger partial charge in [-0.1, -0.05) is 0 Å². The largest absolute Gasteiger partial charge is 0.350 e. The highest BCUT2D eigenvalue weighted by Crippen LogP contribution is 2.24. The summed E-state index contributed by atoms with van der Waals surface area (Å²) in [5, 5.41) is 11.6. The third-order valence-electron chi connectivity index (χ3n) is 5.24. The van der Waals surface area contributed by atoms with Crippen molar-refractivity contribution in [1.29, 1.82) is 0 Å². The van der Waals surface area contributed by atoms with Crippen LogP contribution in [-0.4, -0.2) is 58.8 Å². The first-order valence-corrected chi connectivity index (χ1v) is 9.51. The molecule has 0 aliphatic heterocycles. The van der Waals surface area contributed by atoms with Gasteiger partial charge in [-0.05, 0) is 59.1 Å². The van der Waals surface area contributed by atoms with E-state index >= 15 is 0 Å². The third kappa shape index (κ3) is 3.65. The minimum atomic E-state index is -0.160. The Bertz CT molecular complexity index is 1070. The fourth-order valence-corrected chi connectivity index (χ4v) is 3.22. The Morgan fingerprint density at radius 2 is 2.14 bits per heavy atom. The first kappa shape index (κ1) is 20.0. The zero-order valence-electron chi connectivity index (χ0n) is 16.9. The van der Waals surface area contributed by atoms with Crippen molar-refractivity contribution in [2.75, 3.05) is 27.2 Å². The molecule has 4 N–H and O–H groups in total. The first-order chi connectivity index (χ1) is 13.3. The van der Waals surface area contributed by atoms with Crippen LogP contribution in [0.5, 0.6) is 0 Å². The molecule has 3 rings (SSSR count). The predicted octanol–water partition coefficient (Wildman–Crippen LogP) is 1.21. The van der Waals surface area contributed by atoms with E-state index in [1.807, 2.05) is 38.9 Å². The molecule has 150 valence electrons. The van der Waals surface area contributed by atoms with Crippen LogP contribution in [0.1, 0.15) is 29.4 Å². The molecule has 1 atom stereocenters. The number of nitrogens with one attached hydrogen (secondary N) is 2. The van der Waals surface area contributed by atoms with E-state index in [-0.39, 0.29) is 17.5 Å². The van der Waals surface area contributed by atoms with Gasteiger partial charge in [-0.2, -0.15) is 5.10 Å². The molecular weight excluding hydrogens is 356 g/mol. The van der Waals surface area contributed by atoms with Crippen LogP contribution >= 0.6 is 0 Å². The van der Waals surface area contributed by atoms with Gasteiger partial charge in [0.1, 0.15) is 5.52 Å². The predicted molar refractivity (Wildman–Crippen MR) is 112 cm³/mol. The number of pyridine rings is 1. The number of hydrogen-bond acceptors (Lipinski definition) is 5. The van der Waals surface area contributed by atoms with Crippen LogP contribution in [0.4, 0.5) is 0 Å². The van der Waals surface area contributed by atoms with Crippen LogP contribution < -0.4 is 16.6 Å². The van der Waals surface area contributed by atoms with Gasteiger partial charge in [-0.3, -0.25) is 14.7 Å². The molecule has 0 aliphatic rings. The molecule has 2 heterocycles. The van der Waals surface area contributed by atoms with Crippen molar-refractivity contribution >= 4 is 27.7 Å². The zero-order valence-corrected chi connectivity index (χ0v) is 16.9. The lowest BCUT2D eigenvalue weighted by molar-refractivity contribution is 0.0944. The Hall–Kier alpha value is -2.71. The molecule has 0 bridgehead atoms. The number of nitrogens with two attached hydrogens (primary N) is 1. The highest BCUT2D eigenvalue weighted by Gasteiger charge is 2.17. The van der Waals surface area contributed by atoms with Crippen LogP contribution in [0.2, 0.25) is 0 Å². The number of aromatic nitrogens is 3. The number of aromatic amines is 1. The fourth-order valence-electron chi connectivity index (χ4n) is 3.22. The molecule has 1 amide bonds. The van der Waals surface area contributed by atoms with Crippen molar-refractivity contribution in [2.45, 2.75) is 32.9 Å². The van der Waals surface area contributed by atoms with Crippen LogP contribution in [0, 0.1) is 6.92 Å². The van der Waals surface area contributed by atoms with E-state index in [1.54, 1.807) is 16.7 Å². The minimum absolute atomic E-state index is 0.110. The second-order valence-corrected chi connectivity index (χ2v) is 7.43. The normalized spacial score (nSPS) is 12.8. The van der Waals surface area contributed by atoms with Crippen molar-refractivity contribution in [3.63, 3.8) is 0 Å². The highest BCUT2D eigenvalue weighted by molar-refractivity contribution is 6.06. The summed E-state index contributed by atoms with van der Waals surface area (Å²) in [6.07, 6.45) is 0.675. The summed E-state index contributed by atoms with van der Waals surface area (Å²) in [6, 6.07) is 5.63. The third-order valence-corrected chi connectivity index (χ3v) is 5.24. The summed E-state index contributed by atoms with van der Waals surface area (Å²) in [5.41, 5.74) is 8.14. The lowest BCUT2D eigenvalue weighted by atomic mass is 10.1. The number of nitrogens with zero attached hydrogens (tertiary/aromatic N) is 3. The fraction of sp³-hybridized carbons (Fsp3) is 0.450. The second-order valence-electron chi connectivity index (χ2n) is 7.43. The minimum Gasteiger partial charge on any atom is -0.350 e. The molecule has 0 saturated heterocycles. The number of amides is 1. The lowest BCUT2D eigenvalue weighted by Gasteiger charge is -2.20. The maximum Gasteiger partial charge on any atom is 0.262 e. The Morgan fingerprint density at radius 1 is 1.39 bits per heavy atom. The van der Waals surface area contributed by atoms with Crippen LogP contribution in [0.3, 0.4) is 0 Å². The molecule has 1 unspecified atom stereocenters. The maximum absolute atomic E-state index is 13.1. The van der Waals surface area contributed by atoms with Crippen molar-refractivity contribution in [3.8, 4) is 0 Å². The smallest absolute Gasteiger partial charge is 0.262 e.